The molecule has 10 heteroatoms. The van der Waals surface area contributed by atoms with E-state index >= 15 is 0 Å². The van der Waals surface area contributed by atoms with Crippen molar-refractivity contribution >= 4 is 46.6 Å². The van der Waals surface area contributed by atoms with Crippen LogP contribution in [-0.4, -0.2) is 69.7 Å². The van der Waals surface area contributed by atoms with Crippen molar-refractivity contribution in [1.82, 2.24) is 4.90 Å². The third-order valence-electron chi connectivity index (χ3n) is 8.31. The number of hydrogen-bond donors (Lipinski definition) is 0. The molecule has 0 saturated carbocycles. The average Bonchev–Trinajstić information content (AvgIpc) is 3.05. The third kappa shape index (κ3) is 12.2. The summed E-state index contributed by atoms with van der Waals surface area (Å²) in [6.45, 7) is 7.98. The van der Waals surface area contributed by atoms with E-state index in [1.165, 1.54) is 38.5 Å². The van der Waals surface area contributed by atoms with Crippen molar-refractivity contribution in [1.29, 1.82) is 0 Å². The summed E-state index contributed by atoms with van der Waals surface area (Å²) in [6.07, 6.45) is 12.4. The number of aryl methyl sites for hydroxylation is 1. The fraction of sp³-hybridized carbons (Fsp3) is 0.600. The number of halogens is 2. The number of carbonyl (C=O) groups excluding carboxylic acids is 1. The molecule has 0 aromatic heterocycles. The quantitative estimate of drug-likeness (QED) is 0.0895. The molecule has 2 heterocycles. The molecule has 0 N–H and O–H groups in total. The van der Waals surface area contributed by atoms with Gasteiger partial charge in [-0.1, -0.05) is 87.2 Å². The maximum atomic E-state index is 11.9. The van der Waals surface area contributed by atoms with Crippen LogP contribution in [0.15, 0.2) is 41.4 Å². The number of unbranched alkanes of at least 4 members (excludes halogenated alkanes) is 8. The number of carbonyl (C=O) groups is 1. The van der Waals surface area contributed by atoms with Gasteiger partial charge in [0.2, 0.25) is 6.79 Å². The molecule has 0 unspecified atom stereocenters. The van der Waals surface area contributed by atoms with Gasteiger partial charge in [0.25, 0.3) is 0 Å². The van der Waals surface area contributed by atoms with Crippen LogP contribution in [0.5, 0.6) is 5.75 Å². The Hall–Kier alpha value is -2.68. The average molecular weight is 663 g/mol. The molecule has 0 aliphatic carbocycles. The third-order valence-corrected chi connectivity index (χ3v) is 9.12. The molecule has 1 saturated heterocycles. The van der Waals surface area contributed by atoms with E-state index in [4.69, 9.17) is 42.1 Å². The van der Waals surface area contributed by atoms with Gasteiger partial charge in [0.15, 0.2) is 5.90 Å². The summed E-state index contributed by atoms with van der Waals surface area (Å²) in [5.41, 5.74) is 3.00. The molecule has 0 radical (unpaired) electrons. The van der Waals surface area contributed by atoms with Gasteiger partial charge in [-0.25, -0.2) is 9.79 Å². The number of benzene rings is 2. The Balaban J connectivity index is 1.06. The molecule has 2 aromatic carbocycles. The molecule has 45 heavy (non-hydrogen) atoms. The molecular formula is C35H49Cl2N3O5. The van der Waals surface area contributed by atoms with Gasteiger partial charge < -0.3 is 23.8 Å². The van der Waals surface area contributed by atoms with Crippen molar-refractivity contribution in [2.75, 3.05) is 57.6 Å². The highest BCUT2D eigenvalue weighted by Gasteiger charge is 2.20. The highest BCUT2D eigenvalue weighted by Crippen LogP contribution is 2.33. The topological polar surface area (TPSA) is 72.8 Å². The second-order valence-corrected chi connectivity index (χ2v) is 12.5. The predicted molar refractivity (Wildman–Crippen MR) is 183 cm³/mol. The maximum Gasteiger partial charge on any atom is 0.511 e. The number of piperazine rings is 1. The van der Waals surface area contributed by atoms with Gasteiger partial charge in [-0.05, 0) is 56.0 Å². The monoisotopic (exact) mass is 661 g/mol. The van der Waals surface area contributed by atoms with Gasteiger partial charge in [-0.3, -0.25) is 4.90 Å². The fourth-order valence-electron chi connectivity index (χ4n) is 5.64. The van der Waals surface area contributed by atoms with E-state index in [0.29, 0.717) is 35.6 Å². The number of ether oxygens (including phenoxy) is 4. The van der Waals surface area contributed by atoms with Gasteiger partial charge >= 0.3 is 6.16 Å². The van der Waals surface area contributed by atoms with Crippen LogP contribution in [0.4, 0.5) is 16.2 Å². The Morgan fingerprint density at radius 3 is 2.38 bits per heavy atom. The molecule has 0 amide bonds. The minimum Gasteiger partial charge on any atom is -0.494 e. The van der Waals surface area contributed by atoms with E-state index in [9.17, 15) is 4.79 Å². The van der Waals surface area contributed by atoms with E-state index in [1.54, 1.807) is 0 Å². The zero-order chi connectivity index (χ0) is 31.7. The zero-order valence-electron chi connectivity index (χ0n) is 26.7. The van der Waals surface area contributed by atoms with Crippen molar-refractivity contribution in [2.45, 2.75) is 84.0 Å². The molecule has 8 nitrogen and oxygen atoms in total. The molecule has 2 aliphatic rings. The van der Waals surface area contributed by atoms with E-state index in [-0.39, 0.29) is 6.79 Å². The van der Waals surface area contributed by atoms with E-state index in [2.05, 4.69) is 27.8 Å². The number of anilines is 1. The minimum atomic E-state index is -0.699. The fourth-order valence-corrected chi connectivity index (χ4v) is 6.06. The molecule has 1 fully saturated rings. The Labute approximate surface area is 279 Å². The predicted octanol–water partition coefficient (Wildman–Crippen LogP) is 9.22. The van der Waals surface area contributed by atoms with Crippen LogP contribution in [0.3, 0.4) is 0 Å². The van der Waals surface area contributed by atoms with Crippen LogP contribution in [0, 0.1) is 0 Å². The van der Waals surface area contributed by atoms with Crippen molar-refractivity contribution in [3.8, 4) is 5.75 Å². The standard InChI is InChI=1S/C35H49Cl2N3O5/c1-2-3-4-5-6-7-8-10-25-43-35(41)45-27-44-33-18-16-28-15-17-29(26-31(28)38-33)42-24-11-9-19-39-20-22-40(23-21-39)32-14-12-13-30(36)34(32)37/h12-15,17,26H,2-11,16,18-25,27H2,1H3. The molecule has 2 aromatic rings. The number of aliphatic imine (C=N–C) groups is 1. The SMILES string of the molecule is CCCCCCCCCCOC(=O)OCOC1=Nc2cc(OCCCCN3CCN(c4cccc(Cl)c4Cl)CC3)ccc2CC1. The Kier molecular flexibility index (Phi) is 15.4. The first-order chi connectivity index (χ1) is 22.0. The lowest BCUT2D eigenvalue weighted by atomic mass is 10.0. The molecular weight excluding hydrogens is 613 g/mol. The Morgan fingerprint density at radius 2 is 1.58 bits per heavy atom. The van der Waals surface area contributed by atoms with Gasteiger partial charge in [0, 0.05) is 38.7 Å². The number of rotatable bonds is 18. The van der Waals surface area contributed by atoms with Crippen LogP contribution in [0.1, 0.15) is 83.1 Å². The summed E-state index contributed by atoms with van der Waals surface area (Å²) in [6, 6.07) is 11.8. The molecule has 0 bridgehead atoms. The normalized spacial score (nSPS) is 14.9. The summed E-state index contributed by atoms with van der Waals surface area (Å²) in [4.78, 5) is 21.3. The number of hydrogen-bond acceptors (Lipinski definition) is 8. The summed E-state index contributed by atoms with van der Waals surface area (Å²) in [5, 5.41) is 1.24. The van der Waals surface area contributed by atoms with Crippen molar-refractivity contribution in [3.63, 3.8) is 0 Å². The van der Waals surface area contributed by atoms with Crippen LogP contribution < -0.4 is 9.64 Å². The minimum absolute atomic E-state index is 0.204. The molecule has 248 valence electrons. The van der Waals surface area contributed by atoms with Crippen LogP contribution in [0.25, 0.3) is 0 Å². The van der Waals surface area contributed by atoms with E-state index in [1.807, 2.05) is 30.3 Å². The first kappa shape index (κ1) is 35.2. The van der Waals surface area contributed by atoms with Crippen molar-refractivity contribution < 1.29 is 23.7 Å². The second-order valence-electron chi connectivity index (χ2n) is 11.7. The smallest absolute Gasteiger partial charge is 0.494 e. The molecule has 2 aliphatic heterocycles. The lowest BCUT2D eigenvalue weighted by molar-refractivity contribution is -0.00159. The summed E-state index contributed by atoms with van der Waals surface area (Å²) in [7, 11) is 0. The van der Waals surface area contributed by atoms with Crippen LogP contribution in [0.2, 0.25) is 10.0 Å². The van der Waals surface area contributed by atoms with Gasteiger partial charge in [-0.15, -0.1) is 0 Å². The largest absolute Gasteiger partial charge is 0.511 e. The van der Waals surface area contributed by atoms with E-state index < -0.39 is 6.16 Å². The highest BCUT2D eigenvalue weighted by atomic mass is 35.5. The van der Waals surface area contributed by atoms with Crippen molar-refractivity contribution in [2.24, 2.45) is 4.99 Å². The zero-order valence-corrected chi connectivity index (χ0v) is 28.3. The van der Waals surface area contributed by atoms with E-state index in [0.717, 1.165) is 87.5 Å². The lowest BCUT2D eigenvalue weighted by Crippen LogP contribution is -2.46. The lowest BCUT2D eigenvalue weighted by Gasteiger charge is -2.36. The van der Waals surface area contributed by atoms with Gasteiger partial charge in [-0.2, -0.15) is 0 Å². The van der Waals surface area contributed by atoms with Gasteiger partial charge in [0.1, 0.15) is 5.75 Å². The van der Waals surface area contributed by atoms with Gasteiger partial charge in [0.05, 0.1) is 34.6 Å². The first-order valence-electron chi connectivity index (χ1n) is 16.7. The summed E-state index contributed by atoms with van der Waals surface area (Å²) >= 11 is 12.6. The maximum absolute atomic E-state index is 11.9. The number of nitrogens with zero attached hydrogens (tertiary/aromatic N) is 3. The van der Waals surface area contributed by atoms with Crippen LogP contribution in [-0.2, 0) is 20.6 Å². The van der Waals surface area contributed by atoms with Crippen molar-refractivity contribution in [3.05, 3.63) is 52.0 Å². The summed E-state index contributed by atoms with van der Waals surface area (Å²) < 4.78 is 21.9. The molecule has 4 rings (SSSR count). The first-order valence-corrected chi connectivity index (χ1v) is 17.5. The second kappa shape index (κ2) is 19.7. The van der Waals surface area contributed by atoms with Crippen LogP contribution >= 0.6 is 23.2 Å². The number of fused-ring (bicyclic) bond motifs is 1. The summed E-state index contributed by atoms with van der Waals surface area (Å²) in [5.74, 6) is 1.35. The Morgan fingerprint density at radius 1 is 0.822 bits per heavy atom. The molecule has 0 atom stereocenters. The molecule has 0 spiro atoms. The Bertz CT molecular complexity index is 1220. The highest BCUT2D eigenvalue weighted by molar-refractivity contribution is 6.43.